The Morgan fingerprint density at radius 3 is 2.58 bits per heavy atom. The number of amides is 1. The predicted octanol–water partition coefficient (Wildman–Crippen LogP) is 5.69. The summed E-state index contributed by atoms with van der Waals surface area (Å²) < 4.78 is 60.7. The predicted molar refractivity (Wildman–Crippen MR) is 117 cm³/mol. The first-order valence-corrected chi connectivity index (χ1v) is 11.9. The molecule has 0 heterocycles. The second kappa shape index (κ2) is 8.55. The van der Waals surface area contributed by atoms with Crippen molar-refractivity contribution in [2.24, 2.45) is 0 Å². The number of hydrogen-bond donors (Lipinski definition) is 2. The molecule has 0 radical (unpaired) electrons. The lowest BCUT2D eigenvalue weighted by Crippen LogP contribution is -2.34. The average molecular weight is 538 g/mol. The highest BCUT2D eigenvalue weighted by atomic mass is 79.9. The molecule has 0 bridgehead atoms. The van der Waals surface area contributed by atoms with Crippen LogP contribution in [0.4, 0.5) is 19.3 Å². The van der Waals surface area contributed by atoms with Crippen molar-refractivity contribution in [3.05, 3.63) is 56.5 Å². The lowest BCUT2D eigenvalue weighted by molar-refractivity contribution is 0.0503. The summed E-state index contributed by atoms with van der Waals surface area (Å²) in [4.78, 5) is 12.0. The Balaban J connectivity index is 1.94. The molecular weight excluding hydrogens is 518 g/mol. The van der Waals surface area contributed by atoms with Crippen LogP contribution in [-0.2, 0) is 21.2 Å². The van der Waals surface area contributed by atoms with Gasteiger partial charge in [-0.1, -0.05) is 11.6 Å². The molecule has 0 spiro atoms. The molecule has 11 heteroatoms. The number of ether oxygens (including phenoxy) is 1. The Kier molecular flexibility index (Phi) is 6.55. The van der Waals surface area contributed by atoms with Gasteiger partial charge in [0.25, 0.3) is 10.0 Å². The maximum Gasteiger partial charge on any atom is 0.408 e. The zero-order valence-electron chi connectivity index (χ0n) is 16.9. The van der Waals surface area contributed by atoms with E-state index < -0.39 is 49.6 Å². The monoisotopic (exact) mass is 536 g/mol. The molecule has 1 amide bonds. The lowest BCUT2D eigenvalue weighted by atomic mass is 10.1. The van der Waals surface area contributed by atoms with Crippen LogP contribution < -0.4 is 10.0 Å². The van der Waals surface area contributed by atoms with Gasteiger partial charge in [-0.3, -0.25) is 4.72 Å². The zero-order chi connectivity index (χ0) is 23.1. The van der Waals surface area contributed by atoms with Crippen molar-refractivity contribution in [1.29, 1.82) is 0 Å². The minimum atomic E-state index is -4.26. The number of fused-ring (bicyclic) bond motifs is 1. The molecule has 1 aliphatic rings. The number of sulfonamides is 1. The van der Waals surface area contributed by atoms with Gasteiger partial charge < -0.3 is 10.1 Å². The van der Waals surface area contributed by atoms with E-state index in [-0.39, 0.29) is 9.92 Å². The maximum absolute atomic E-state index is 14.3. The lowest BCUT2D eigenvalue weighted by Gasteiger charge is -2.22. The highest BCUT2D eigenvalue weighted by molar-refractivity contribution is 9.10. The first kappa shape index (κ1) is 23.7. The van der Waals surface area contributed by atoms with Gasteiger partial charge in [0.1, 0.15) is 11.4 Å². The van der Waals surface area contributed by atoms with Gasteiger partial charge in [-0.05, 0) is 84.9 Å². The summed E-state index contributed by atoms with van der Waals surface area (Å²) in [6, 6.07) is 4.28. The second-order valence-electron chi connectivity index (χ2n) is 8.04. The van der Waals surface area contributed by atoms with E-state index >= 15 is 0 Å². The van der Waals surface area contributed by atoms with Crippen LogP contribution in [0.25, 0.3) is 0 Å². The molecule has 0 aliphatic heterocycles. The number of nitrogens with one attached hydrogen (secondary N) is 2. The molecule has 1 atom stereocenters. The normalized spacial score (nSPS) is 16.0. The number of halogens is 4. The summed E-state index contributed by atoms with van der Waals surface area (Å²) in [5, 5.41) is 2.86. The third-order valence-electron chi connectivity index (χ3n) is 4.53. The number of rotatable bonds is 4. The van der Waals surface area contributed by atoms with Crippen molar-refractivity contribution in [3.8, 4) is 0 Å². The minimum Gasteiger partial charge on any atom is -0.444 e. The molecule has 0 aromatic heterocycles. The summed E-state index contributed by atoms with van der Waals surface area (Å²) in [5.74, 6) is -1.94. The van der Waals surface area contributed by atoms with Crippen LogP contribution in [0.15, 0.2) is 33.6 Å². The third-order valence-corrected chi connectivity index (χ3v) is 6.90. The van der Waals surface area contributed by atoms with Crippen molar-refractivity contribution in [1.82, 2.24) is 5.32 Å². The van der Waals surface area contributed by atoms with Crippen LogP contribution in [0.2, 0.25) is 5.02 Å². The fourth-order valence-electron chi connectivity index (χ4n) is 3.30. The summed E-state index contributed by atoms with van der Waals surface area (Å²) in [7, 11) is -4.26. The maximum atomic E-state index is 14.3. The van der Waals surface area contributed by atoms with E-state index in [4.69, 9.17) is 16.3 Å². The van der Waals surface area contributed by atoms with Crippen LogP contribution in [0, 0.1) is 11.6 Å². The van der Waals surface area contributed by atoms with Crippen molar-refractivity contribution < 1.29 is 26.7 Å². The number of anilines is 1. The van der Waals surface area contributed by atoms with Gasteiger partial charge in [-0.15, -0.1) is 0 Å². The van der Waals surface area contributed by atoms with Crippen molar-refractivity contribution in [2.75, 3.05) is 4.72 Å². The van der Waals surface area contributed by atoms with Gasteiger partial charge in [0, 0.05) is 5.02 Å². The van der Waals surface area contributed by atoms with E-state index in [1.165, 1.54) is 6.07 Å². The van der Waals surface area contributed by atoms with Gasteiger partial charge in [0.15, 0.2) is 5.82 Å². The fraction of sp³-hybridized carbons (Fsp3) is 0.350. The zero-order valence-corrected chi connectivity index (χ0v) is 20.0. The van der Waals surface area contributed by atoms with Crippen LogP contribution in [0.3, 0.4) is 0 Å². The van der Waals surface area contributed by atoms with E-state index in [1.807, 2.05) is 0 Å². The van der Waals surface area contributed by atoms with Crippen molar-refractivity contribution >= 4 is 49.3 Å². The molecule has 2 aromatic carbocycles. The van der Waals surface area contributed by atoms with E-state index in [9.17, 15) is 22.0 Å². The standard InChI is InChI=1S/C20H20BrClF2N2O4S/c1-20(2,3)30-19(27)25-14-6-4-11-12(14)8-10(22)9-16(11)31(28,29)26-15-7-5-13(23)17(21)18(15)24/h5,7-9,14,26H,4,6H2,1-3H3,(H,25,27). The topological polar surface area (TPSA) is 84.5 Å². The molecule has 0 fully saturated rings. The van der Waals surface area contributed by atoms with E-state index in [0.29, 0.717) is 24.0 Å². The molecule has 2 N–H and O–H groups in total. The summed E-state index contributed by atoms with van der Waals surface area (Å²) in [5.41, 5.74) is -0.103. The second-order valence-corrected chi connectivity index (χ2v) is 10.9. The first-order chi connectivity index (χ1) is 14.3. The Morgan fingerprint density at radius 2 is 1.94 bits per heavy atom. The molecule has 1 aliphatic carbocycles. The largest absolute Gasteiger partial charge is 0.444 e. The van der Waals surface area contributed by atoms with Gasteiger partial charge in [-0.25, -0.2) is 22.0 Å². The van der Waals surface area contributed by atoms with Gasteiger partial charge in [0.05, 0.1) is 21.1 Å². The van der Waals surface area contributed by atoms with E-state index in [2.05, 4.69) is 26.0 Å². The summed E-state index contributed by atoms with van der Waals surface area (Å²) in [6.07, 6.45) is 0.151. The van der Waals surface area contributed by atoms with Crippen LogP contribution in [-0.4, -0.2) is 20.1 Å². The van der Waals surface area contributed by atoms with Crippen LogP contribution in [0.5, 0.6) is 0 Å². The molecule has 2 aromatic rings. The molecule has 168 valence electrons. The Bertz CT molecular complexity index is 1150. The fourth-order valence-corrected chi connectivity index (χ4v) is 5.32. The Labute approximate surface area is 192 Å². The van der Waals surface area contributed by atoms with Crippen LogP contribution in [0.1, 0.15) is 44.4 Å². The minimum absolute atomic E-state index is 0.136. The molecule has 6 nitrogen and oxygen atoms in total. The van der Waals surface area contributed by atoms with E-state index in [1.54, 1.807) is 26.8 Å². The van der Waals surface area contributed by atoms with E-state index in [0.717, 1.165) is 12.1 Å². The van der Waals surface area contributed by atoms with Gasteiger partial charge >= 0.3 is 6.09 Å². The number of hydrogen-bond acceptors (Lipinski definition) is 4. The molecule has 0 saturated carbocycles. The molecule has 0 saturated heterocycles. The molecule has 31 heavy (non-hydrogen) atoms. The molecular formula is C20H20BrClF2N2O4S. The number of benzene rings is 2. The number of alkyl carbamates (subject to hydrolysis) is 1. The summed E-state index contributed by atoms with van der Waals surface area (Å²) in [6.45, 7) is 5.19. The van der Waals surface area contributed by atoms with Gasteiger partial charge in [-0.2, -0.15) is 0 Å². The Hall–Kier alpha value is -1.91. The number of carbonyl (C=O) groups is 1. The highest BCUT2D eigenvalue weighted by Gasteiger charge is 2.32. The SMILES string of the molecule is CC(C)(C)OC(=O)NC1CCc2c1cc(Cl)cc2S(=O)(=O)Nc1ccc(F)c(Br)c1F. The Morgan fingerprint density at radius 1 is 1.26 bits per heavy atom. The third kappa shape index (κ3) is 5.30. The quantitative estimate of drug-likeness (QED) is 0.491. The average Bonchev–Trinajstić information content (AvgIpc) is 3.02. The smallest absolute Gasteiger partial charge is 0.408 e. The molecule has 1 unspecified atom stereocenters. The van der Waals surface area contributed by atoms with Gasteiger partial charge in [0.2, 0.25) is 0 Å². The first-order valence-electron chi connectivity index (χ1n) is 9.26. The van der Waals surface area contributed by atoms with Crippen molar-refractivity contribution in [3.63, 3.8) is 0 Å². The molecule has 3 rings (SSSR count). The summed E-state index contributed by atoms with van der Waals surface area (Å²) >= 11 is 8.90. The van der Waals surface area contributed by atoms with Crippen molar-refractivity contribution in [2.45, 2.75) is 50.2 Å². The van der Waals surface area contributed by atoms with Crippen LogP contribution >= 0.6 is 27.5 Å². The highest BCUT2D eigenvalue weighted by Crippen LogP contribution is 2.38. The number of carbonyl (C=O) groups excluding carboxylic acids is 1.